The Labute approximate surface area is 159 Å². The van der Waals surface area contributed by atoms with Crippen molar-refractivity contribution in [1.82, 2.24) is 24.7 Å². The number of aromatic nitrogens is 2. The van der Waals surface area contributed by atoms with Crippen LogP contribution in [-0.4, -0.2) is 93.1 Å². The fourth-order valence-electron chi connectivity index (χ4n) is 2.73. The van der Waals surface area contributed by atoms with Crippen LogP contribution in [0.2, 0.25) is 0 Å². The molecule has 0 aliphatic carbocycles. The SMILES string of the molecule is COCCCNC(=O)N1CC(N(CCc2noc(COC)n2)S(C)(=O)=O)C1. The molecule has 1 fully saturated rings. The van der Waals surface area contributed by atoms with E-state index in [4.69, 9.17) is 14.0 Å². The van der Waals surface area contributed by atoms with Gasteiger partial charge in [0.1, 0.15) is 6.61 Å². The molecule has 1 aromatic heterocycles. The molecule has 1 aromatic rings. The number of amides is 2. The lowest BCUT2D eigenvalue weighted by molar-refractivity contribution is 0.101. The second-order valence-corrected chi connectivity index (χ2v) is 8.23. The monoisotopic (exact) mass is 405 g/mol. The van der Waals surface area contributed by atoms with E-state index in [2.05, 4.69) is 15.5 Å². The second-order valence-electron chi connectivity index (χ2n) is 6.30. The van der Waals surface area contributed by atoms with Crippen molar-refractivity contribution in [2.75, 3.05) is 53.3 Å². The van der Waals surface area contributed by atoms with E-state index in [9.17, 15) is 13.2 Å². The lowest BCUT2D eigenvalue weighted by Crippen LogP contribution is -2.64. The molecule has 2 heterocycles. The van der Waals surface area contributed by atoms with Crippen LogP contribution in [-0.2, 0) is 32.5 Å². The number of methoxy groups -OCH3 is 2. The maximum absolute atomic E-state index is 12.1. The molecule has 11 nitrogen and oxygen atoms in total. The van der Waals surface area contributed by atoms with Crippen molar-refractivity contribution in [3.63, 3.8) is 0 Å². The number of nitrogens with one attached hydrogen (secondary N) is 1. The number of likely N-dealkylation sites (tertiary alicyclic amines) is 1. The van der Waals surface area contributed by atoms with Gasteiger partial charge in [0.15, 0.2) is 5.82 Å². The molecule has 0 saturated carbocycles. The van der Waals surface area contributed by atoms with E-state index in [0.717, 1.165) is 12.7 Å². The number of carbonyl (C=O) groups excluding carboxylic acids is 1. The zero-order valence-electron chi connectivity index (χ0n) is 15.9. The van der Waals surface area contributed by atoms with Crippen molar-refractivity contribution in [2.45, 2.75) is 25.5 Å². The molecule has 0 unspecified atom stereocenters. The van der Waals surface area contributed by atoms with Gasteiger partial charge < -0.3 is 24.2 Å². The van der Waals surface area contributed by atoms with Crippen LogP contribution in [0, 0.1) is 0 Å². The van der Waals surface area contributed by atoms with E-state index >= 15 is 0 Å². The van der Waals surface area contributed by atoms with Gasteiger partial charge in [0.05, 0.1) is 12.3 Å². The molecule has 1 aliphatic rings. The number of hydrogen-bond donors (Lipinski definition) is 1. The zero-order chi connectivity index (χ0) is 19.9. The van der Waals surface area contributed by atoms with Crippen molar-refractivity contribution in [1.29, 1.82) is 0 Å². The zero-order valence-corrected chi connectivity index (χ0v) is 16.7. The van der Waals surface area contributed by atoms with Crippen LogP contribution in [0.3, 0.4) is 0 Å². The average Bonchev–Trinajstić information content (AvgIpc) is 3.00. The van der Waals surface area contributed by atoms with Gasteiger partial charge in [-0.1, -0.05) is 5.16 Å². The molecular weight excluding hydrogens is 378 g/mol. The third-order valence-electron chi connectivity index (χ3n) is 4.12. The topological polar surface area (TPSA) is 127 Å². The molecule has 0 radical (unpaired) electrons. The van der Waals surface area contributed by atoms with E-state index in [1.807, 2.05) is 0 Å². The highest BCUT2D eigenvalue weighted by Crippen LogP contribution is 2.18. The Morgan fingerprint density at radius 2 is 2.11 bits per heavy atom. The molecule has 1 aliphatic heterocycles. The van der Waals surface area contributed by atoms with Gasteiger partial charge in [0.25, 0.3) is 5.89 Å². The molecule has 27 heavy (non-hydrogen) atoms. The number of ether oxygens (including phenoxy) is 2. The standard InChI is InChI=1S/C15H27N5O6S/c1-24-8-4-6-16-15(21)19-9-12(10-19)20(27(3,22)23)7-5-13-17-14(11-25-2)26-18-13/h12H,4-11H2,1-3H3,(H,16,21). The molecule has 12 heteroatoms. The summed E-state index contributed by atoms with van der Waals surface area (Å²) in [6.45, 7) is 2.23. The lowest BCUT2D eigenvalue weighted by atomic mass is 10.1. The summed E-state index contributed by atoms with van der Waals surface area (Å²) in [6.07, 6.45) is 2.21. The van der Waals surface area contributed by atoms with Crippen molar-refractivity contribution in [2.24, 2.45) is 0 Å². The first-order valence-corrected chi connectivity index (χ1v) is 10.5. The van der Waals surface area contributed by atoms with E-state index in [0.29, 0.717) is 44.4 Å². The van der Waals surface area contributed by atoms with Crippen LogP contribution in [0.25, 0.3) is 0 Å². The number of rotatable bonds is 11. The Morgan fingerprint density at radius 3 is 2.74 bits per heavy atom. The van der Waals surface area contributed by atoms with Crippen LogP contribution in [0.1, 0.15) is 18.1 Å². The Kier molecular flexibility index (Phi) is 7.95. The number of hydrogen-bond acceptors (Lipinski definition) is 8. The molecule has 0 spiro atoms. The summed E-state index contributed by atoms with van der Waals surface area (Å²) >= 11 is 0. The minimum absolute atomic E-state index is 0.196. The summed E-state index contributed by atoms with van der Waals surface area (Å²) < 4.78 is 40.5. The van der Waals surface area contributed by atoms with E-state index in [-0.39, 0.29) is 25.2 Å². The summed E-state index contributed by atoms with van der Waals surface area (Å²) in [5.41, 5.74) is 0. The lowest BCUT2D eigenvalue weighted by Gasteiger charge is -2.44. The molecule has 1 N–H and O–H groups in total. The van der Waals surface area contributed by atoms with Crippen LogP contribution in [0.4, 0.5) is 4.79 Å². The predicted molar refractivity (Wildman–Crippen MR) is 95.5 cm³/mol. The maximum Gasteiger partial charge on any atom is 0.317 e. The number of sulfonamides is 1. The molecular formula is C15H27N5O6S. The van der Waals surface area contributed by atoms with Crippen molar-refractivity contribution in [3.8, 4) is 0 Å². The molecule has 0 atom stereocenters. The third kappa shape index (κ3) is 6.41. The molecule has 1 saturated heterocycles. The van der Waals surface area contributed by atoms with Crippen molar-refractivity contribution >= 4 is 16.1 Å². The van der Waals surface area contributed by atoms with Gasteiger partial charge in [-0.15, -0.1) is 0 Å². The first kappa shape index (κ1) is 21.5. The number of carbonyl (C=O) groups is 1. The average molecular weight is 405 g/mol. The fraction of sp³-hybridized carbons (Fsp3) is 0.800. The summed E-state index contributed by atoms with van der Waals surface area (Å²) in [4.78, 5) is 17.7. The normalized spacial score (nSPS) is 15.2. The smallest absolute Gasteiger partial charge is 0.317 e. The van der Waals surface area contributed by atoms with Gasteiger partial charge in [-0.25, -0.2) is 13.2 Å². The Hall–Kier alpha value is -1.76. The predicted octanol–water partition coefficient (Wildman–Crippen LogP) is -0.550. The van der Waals surface area contributed by atoms with Crippen molar-refractivity contribution < 1.29 is 27.2 Å². The van der Waals surface area contributed by atoms with Gasteiger partial charge >= 0.3 is 6.03 Å². The molecule has 2 rings (SSSR count). The third-order valence-corrected chi connectivity index (χ3v) is 5.45. The highest BCUT2D eigenvalue weighted by molar-refractivity contribution is 7.88. The summed E-state index contributed by atoms with van der Waals surface area (Å²) in [5, 5.41) is 6.60. The summed E-state index contributed by atoms with van der Waals surface area (Å²) in [5.74, 6) is 0.765. The number of urea groups is 1. The van der Waals surface area contributed by atoms with Gasteiger partial charge in [0.2, 0.25) is 10.0 Å². The van der Waals surface area contributed by atoms with E-state index in [1.165, 1.54) is 11.4 Å². The van der Waals surface area contributed by atoms with Gasteiger partial charge in [0, 0.05) is 53.4 Å². The maximum atomic E-state index is 12.1. The Morgan fingerprint density at radius 1 is 1.37 bits per heavy atom. The van der Waals surface area contributed by atoms with Gasteiger partial charge in [-0.3, -0.25) is 0 Å². The minimum atomic E-state index is -3.42. The van der Waals surface area contributed by atoms with Gasteiger partial charge in [-0.05, 0) is 6.42 Å². The first-order chi connectivity index (χ1) is 12.8. The molecule has 0 aromatic carbocycles. The molecule has 2 amide bonds. The summed E-state index contributed by atoms with van der Waals surface area (Å²) in [7, 11) is -0.299. The molecule has 0 bridgehead atoms. The van der Waals surface area contributed by atoms with Crippen LogP contribution in [0.5, 0.6) is 0 Å². The molecule has 154 valence electrons. The highest BCUT2D eigenvalue weighted by Gasteiger charge is 2.38. The Bertz CT molecular complexity index is 703. The fourth-order valence-corrected chi connectivity index (χ4v) is 3.83. The van der Waals surface area contributed by atoms with Crippen LogP contribution >= 0.6 is 0 Å². The van der Waals surface area contributed by atoms with Crippen molar-refractivity contribution in [3.05, 3.63) is 11.7 Å². The van der Waals surface area contributed by atoms with E-state index in [1.54, 1.807) is 12.0 Å². The highest BCUT2D eigenvalue weighted by atomic mass is 32.2. The van der Waals surface area contributed by atoms with Crippen LogP contribution in [0.15, 0.2) is 4.52 Å². The first-order valence-electron chi connectivity index (χ1n) is 8.64. The Balaban J connectivity index is 1.82. The second kappa shape index (κ2) is 9.97. The quantitative estimate of drug-likeness (QED) is 0.486. The van der Waals surface area contributed by atoms with E-state index < -0.39 is 10.0 Å². The van der Waals surface area contributed by atoms with Crippen LogP contribution < -0.4 is 5.32 Å². The number of nitrogens with zero attached hydrogens (tertiary/aromatic N) is 4. The minimum Gasteiger partial charge on any atom is -0.385 e. The largest absolute Gasteiger partial charge is 0.385 e. The summed E-state index contributed by atoms with van der Waals surface area (Å²) in [6, 6.07) is -0.451. The van der Waals surface area contributed by atoms with Gasteiger partial charge in [-0.2, -0.15) is 9.29 Å².